The van der Waals surface area contributed by atoms with Crippen molar-refractivity contribution >= 4 is 51.7 Å². The second kappa shape index (κ2) is 18.5. The van der Waals surface area contributed by atoms with Crippen LogP contribution in [0.2, 0.25) is 0 Å². The van der Waals surface area contributed by atoms with Crippen LogP contribution in [0.1, 0.15) is 48.9 Å². The molecule has 3 aromatic rings. The van der Waals surface area contributed by atoms with Gasteiger partial charge in [-0.15, -0.1) is 0 Å². The number of alkyl halides is 6. The number of halogens is 6. The second-order valence-electron chi connectivity index (χ2n) is 11.6. The summed E-state index contributed by atoms with van der Waals surface area (Å²) in [6, 6.07) is 26.3. The van der Waals surface area contributed by atoms with Crippen LogP contribution in [-0.4, -0.2) is 36.0 Å². The number of nitrogens with two attached hydrogens (primary N) is 2. The summed E-state index contributed by atoms with van der Waals surface area (Å²) in [6.07, 6.45) is -6.22. The first-order valence-electron chi connectivity index (χ1n) is 16.0. The minimum Gasteiger partial charge on any atom is -0.542 e. The number of unbranched alkanes of at least 4 members (excludes halogenated alkanes) is 3. The van der Waals surface area contributed by atoms with Gasteiger partial charge in [0.25, 0.3) is 0 Å². The van der Waals surface area contributed by atoms with E-state index in [0.717, 1.165) is 59.1 Å². The van der Waals surface area contributed by atoms with Crippen LogP contribution in [0.3, 0.4) is 0 Å². The van der Waals surface area contributed by atoms with E-state index in [1.54, 1.807) is 12.1 Å². The Bertz CT molecular complexity index is 2120. The lowest BCUT2D eigenvalue weighted by molar-refractivity contribution is -0.344. The number of carboxylic acid groups (broad SMARTS) is 2. The summed E-state index contributed by atoms with van der Waals surface area (Å²) in [5.41, 5.74) is 16.1. The van der Waals surface area contributed by atoms with Gasteiger partial charge >= 0.3 is 12.4 Å². The Kier molecular flexibility index (Phi) is 14.5. The van der Waals surface area contributed by atoms with Crippen LogP contribution in [-0.2, 0) is 14.4 Å². The Balaban J connectivity index is 0.000000476. The molecular weight excluding hydrogens is 726 g/mol. The zero-order valence-electron chi connectivity index (χ0n) is 28.3. The molecule has 54 heavy (non-hydrogen) atoms. The molecular formula is C37H34F6N4O7. The van der Waals surface area contributed by atoms with Crippen molar-refractivity contribution in [1.29, 1.82) is 0 Å². The van der Waals surface area contributed by atoms with Crippen LogP contribution in [0.15, 0.2) is 89.3 Å². The zero-order chi connectivity index (χ0) is 40.2. The number of hydrogen-bond acceptors (Lipinski definition) is 8. The van der Waals surface area contributed by atoms with Crippen LogP contribution >= 0.6 is 0 Å². The van der Waals surface area contributed by atoms with Crippen LogP contribution in [0.25, 0.3) is 33.4 Å². The van der Waals surface area contributed by atoms with E-state index in [0.29, 0.717) is 40.8 Å². The van der Waals surface area contributed by atoms with E-state index in [2.05, 4.69) is 11.1 Å². The number of amides is 1. The molecule has 0 saturated heterocycles. The Hall–Kier alpha value is -6.23. The molecule has 0 radical (unpaired) electrons. The molecule has 3 aromatic carbocycles. The zero-order valence-corrected chi connectivity index (χ0v) is 28.3. The first-order valence-corrected chi connectivity index (χ1v) is 16.0. The number of fused-ring (bicyclic) bond motifs is 2. The van der Waals surface area contributed by atoms with E-state index < -0.39 is 24.3 Å². The molecule has 0 spiro atoms. The molecule has 0 unspecified atom stereocenters. The molecule has 11 nitrogen and oxygen atoms in total. The molecule has 286 valence electrons. The van der Waals surface area contributed by atoms with Gasteiger partial charge in [0.15, 0.2) is 16.8 Å². The number of hydrogen-bond donors (Lipinski definition) is 4. The molecule has 1 amide bonds. The number of carbonyl (C=O) groups is 4. The van der Waals surface area contributed by atoms with E-state index >= 15 is 0 Å². The maximum absolute atomic E-state index is 13.5. The fourth-order valence-corrected chi connectivity index (χ4v) is 5.07. The number of carbonyl (C=O) groups excluding carboxylic acids is 4. The third-order valence-electron chi connectivity index (χ3n) is 7.58. The molecule has 0 saturated carbocycles. The number of nitrogens with one attached hydrogen (secondary N) is 1. The second-order valence-corrected chi connectivity index (χ2v) is 11.6. The highest BCUT2D eigenvalue weighted by molar-refractivity contribution is 6.10. The molecule has 0 fully saturated rings. The van der Waals surface area contributed by atoms with Crippen molar-refractivity contribution in [3.8, 4) is 22.5 Å². The molecule has 1 aliphatic heterocycles. The predicted molar refractivity (Wildman–Crippen MR) is 180 cm³/mol. The topological polar surface area (TPSA) is 219 Å². The van der Waals surface area contributed by atoms with Gasteiger partial charge in [-0.1, -0.05) is 49.2 Å². The number of ketones is 1. The average Bonchev–Trinajstić information content (AvgIpc) is 3.09. The van der Waals surface area contributed by atoms with E-state index in [1.165, 1.54) is 0 Å². The third kappa shape index (κ3) is 12.2. The number of carboxylic acids is 2. The fourth-order valence-electron chi connectivity index (χ4n) is 5.07. The van der Waals surface area contributed by atoms with Gasteiger partial charge in [-0.2, -0.15) is 26.3 Å². The van der Waals surface area contributed by atoms with Crippen molar-refractivity contribution in [2.45, 2.75) is 50.9 Å². The van der Waals surface area contributed by atoms with Gasteiger partial charge in [-0.25, -0.2) is 0 Å². The highest BCUT2D eigenvalue weighted by Crippen LogP contribution is 2.41. The predicted octanol–water partition coefficient (Wildman–Crippen LogP) is 3.08. The number of benzene rings is 4. The molecule has 1 aliphatic carbocycles. The van der Waals surface area contributed by atoms with Gasteiger partial charge in [-0.05, 0) is 42.7 Å². The number of aliphatic carboxylic acids is 2. The van der Waals surface area contributed by atoms with E-state index in [9.17, 15) is 35.9 Å². The molecule has 17 heteroatoms. The summed E-state index contributed by atoms with van der Waals surface area (Å²) in [4.78, 5) is 43.3. The molecule has 0 aromatic heterocycles. The van der Waals surface area contributed by atoms with Crippen LogP contribution in [0.4, 0.5) is 43.4 Å². The van der Waals surface area contributed by atoms with Crippen molar-refractivity contribution in [1.82, 2.24) is 0 Å². The number of Topliss-reactive ketones (excluding diaryl/α,β-unsaturated/α-hetero) is 1. The average molecular weight is 761 g/mol. The number of rotatable bonds is 10. The molecule has 2 aliphatic rings. The maximum Gasteiger partial charge on any atom is 0.430 e. The SMILES string of the molecule is Nc1ccc2c(-c3ccccc3C(=O)CCCCCCC(=O)Nc3ccccc3[NH3+])c3ccc(=[NH2+])cc-3oc2c1.O=C([O-])C(F)(F)F.O=C([O-])C(F)(F)F. The highest BCUT2D eigenvalue weighted by Gasteiger charge is 2.29. The number of quaternary nitrogens is 1. The lowest BCUT2D eigenvalue weighted by atomic mass is 9.88. The molecule has 5 rings (SSSR count). The summed E-state index contributed by atoms with van der Waals surface area (Å²) in [5, 5.41) is 28.0. The van der Waals surface area contributed by atoms with Crippen molar-refractivity contribution < 1.29 is 71.3 Å². The molecule has 0 bridgehead atoms. The summed E-state index contributed by atoms with van der Waals surface area (Å²) in [6.45, 7) is 0. The summed E-state index contributed by atoms with van der Waals surface area (Å²) in [5.74, 6) is -5.30. The third-order valence-corrected chi connectivity index (χ3v) is 7.58. The highest BCUT2D eigenvalue weighted by atomic mass is 19.4. The molecule has 0 atom stereocenters. The lowest BCUT2D eigenvalue weighted by Crippen LogP contribution is -2.44. The van der Waals surface area contributed by atoms with Crippen molar-refractivity contribution in [2.75, 3.05) is 11.1 Å². The van der Waals surface area contributed by atoms with Crippen LogP contribution in [0, 0.1) is 0 Å². The molecule has 8 N–H and O–H groups in total. The Morgan fingerprint density at radius 2 is 1.31 bits per heavy atom. The van der Waals surface area contributed by atoms with Crippen LogP contribution in [0.5, 0.6) is 0 Å². The van der Waals surface area contributed by atoms with Gasteiger partial charge in [0.05, 0.1) is 6.07 Å². The van der Waals surface area contributed by atoms with Gasteiger partial charge in [0.1, 0.15) is 29.0 Å². The summed E-state index contributed by atoms with van der Waals surface area (Å²) in [7, 11) is 0. The van der Waals surface area contributed by atoms with Crippen molar-refractivity contribution in [3.05, 3.63) is 95.8 Å². The fraction of sp³-hybridized carbons (Fsp3) is 0.216. The monoisotopic (exact) mass is 760 g/mol. The van der Waals surface area contributed by atoms with Crippen LogP contribution < -0.4 is 37.8 Å². The van der Waals surface area contributed by atoms with Gasteiger partial charge in [0.2, 0.25) is 5.91 Å². The van der Waals surface area contributed by atoms with Crippen molar-refractivity contribution in [3.63, 3.8) is 0 Å². The number of para-hydroxylation sites is 1. The number of anilines is 2. The van der Waals surface area contributed by atoms with E-state index in [-0.39, 0.29) is 11.7 Å². The minimum atomic E-state index is -5.19. The van der Waals surface area contributed by atoms with E-state index in [1.807, 2.05) is 72.8 Å². The first-order chi connectivity index (χ1) is 25.3. The smallest absolute Gasteiger partial charge is 0.430 e. The molecule has 1 heterocycles. The Labute approximate surface area is 303 Å². The minimum absolute atomic E-state index is 0.0151. The largest absolute Gasteiger partial charge is 0.542 e. The van der Waals surface area contributed by atoms with Crippen molar-refractivity contribution in [2.24, 2.45) is 0 Å². The summed E-state index contributed by atoms with van der Waals surface area (Å²) < 4.78 is 69.2. The van der Waals surface area contributed by atoms with E-state index in [4.69, 9.17) is 35.4 Å². The maximum atomic E-state index is 13.5. The first kappa shape index (κ1) is 42.2. The Morgan fingerprint density at radius 1 is 0.741 bits per heavy atom. The normalized spacial score (nSPS) is 11.2. The number of nitrogen functional groups attached to an aromatic ring is 1. The quantitative estimate of drug-likeness (QED) is 0.0544. The Morgan fingerprint density at radius 3 is 1.93 bits per heavy atom. The van der Waals surface area contributed by atoms with Gasteiger partial charge in [0, 0.05) is 58.8 Å². The lowest BCUT2D eigenvalue weighted by Gasteiger charge is -2.17. The standard InChI is InChI=1S/C33H32N4O3.2C2HF3O2/c34-21-15-17-25-30(19-21)40-31-20-22(35)16-18-26(31)33(25)24-10-6-5-9-23(24)29(38)13-3-1-2-4-14-32(39)37-28-12-8-7-11-27(28)36;2*3-2(4,5)1(6)7/h5-12,15-20,34H,1-4,13-14,35-36H2,(H,37,39);2*(H,6,7). The van der Waals surface area contributed by atoms with Gasteiger partial charge < -0.3 is 41.0 Å². The summed E-state index contributed by atoms with van der Waals surface area (Å²) >= 11 is 0. The van der Waals surface area contributed by atoms with Gasteiger partial charge in [-0.3, -0.25) is 15.0 Å².